The van der Waals surface area contributed by atoms with Crippen molar-refractivity contribution in [2.24, 2.45) is 17.3 Å². The number of carboxylic acid groups (broad SMARTS) is 1. The van der Waals surface area contributed by atoms with Gasteiger partial charge in [-0.1, -0.05) is 20.8 Å². The summed E-state index contributed by atoms with van der Waals surface area (Å²) < 4.78 is 0. The molecule has 1 N–H and O–H groups in total. The Morgan fingerprint density at radius 2 is 1.63 bits per heavy atom. The first-order chi connectivity index (χ1) is 8.89. The number of likely N-dealkylation sites (tertiary alicyclic amines) is 1. The molecule has 1 atom stereocenters. The van der Waals surface area contributed by atoms with E-state index in [2.05, 4.69) is 25.7 Å². The van der Waals surface area contributed by atoms with Crippen molar-refractivity contribution in [3.63, 3.8) is 0 Å². The van der Waals surface area contributed by atoms with Crippen LogP contribution in [0.2, 0.25) is 0 Å². The van der Waals surface area contributed by atoms with Gasteiger partial charge in [0, 0.05) is 0 Å². The summed E-state index contributed by atoms with van der Waals surface area (Å²) in [6.07, 6.45) is 6.92. The van der Waals surface area contributed by atoms with Gasteiger partial charge >= 0.3 is 5.97 Å². The summed E-state index contributed by atoms with van der Waals surface area (Å²) in [7, 11) is 0. The second-order valence-electron chi connectivity index (χ2n) is 7.50. The van der Waals surface area contributed by atoms with E-state index in [-0.39, 0.29) is 6.04 Å². The van der Waals surface area contributed by atoms with Gasteiger partial charge in [0.05, 0.1) is 0 Å². The molecule has 2 aliphatic rings. The average molecular weight is 267 g/mol. The first-order valence-corrected chi connectivity index (χ1v) is 7.86. The largest absolute Gasteiger partial charge is 0.480 e. The van der Waals surface area contributed by atoms with E-state index in [0.29, 0.717) is 11.3 Å². The van der Waals surface area contributed by atoms with Crippen molar-refractivity contribution in [2.45, 2.75) is 65.3 Å². The van der Waals surface area contributed by atoms with Crippen LogP contribution in [-0.4, -0.2) is 35.1 Å². The van der Waals surface area contributed by atoms with Crippen LogP contribution in [0.5, 0.6) is 0 Å². The minimum Gasteiger partial charge on any atom is -0.480 e. The third-order valence-corrected chi connectivity index (χ3v) is 5.23. The molecule has 3 heteroatoms. The zero-order chi connectivity index (χ0) is 14.0. The molecule has 0 aromatic rings. The molecule has 0 amide bonds. The van der Waals surface area contributed by atoms with Gasteiger partial charge in [-0.15, -0.1) is 0 Å². The first kappa shape index (κ1) is 14.8. The summed E-state index contributed by atoms with van der Waals surface area (Å²) in [6.45, 7) is 8.90. The summed E-state index contributed by atoms with van der Waals surface area (Å²) in [4.78, 5) is 13.8. The maximum Gasteiger partial charge on any atom is 0.321 e. The van der Waals surface area contributed by atoms with Gasteiger partial charge in [-0.05, 0) is 68.9 Å². The molecule has 0 spiro atoms. The molecule has 1 saturated carbocycles. The Balaban J connectivity index is 1.96. The Kier molecular flexibility index (Phi) is 4.54. The number of hydrogen-bond donors (Lipinski definition) is 1. The predicted octanol–water partition coefficient (Wildman–Crippen LogP) is 3.39. The topological polar surface area (TPSA) is 40.5 Å². The highest BCUT2D eigenvalue weighted by Gasteiger charge is 2.38. The highest BCUT2D eigenvalue weighted by atomic mass is 16.4. The van der Waals surface area contributed by atoms with E-state index in [4.69, 9.17) is 0 Å². The lowest BCUT2D eigenvalue weighted by Gasteiger charge is -2.40. The number of nitrogens with zero attached hydrogens (tertiary/aromatic N) is 1. The number of rotatable bonds is 3. The van der Waals surface area contributed by atoms with Crippen LogP contribution in [0.1, 0.15) is 59.3 Å². The lowest BCUT2D eigenvalue weighted by molar-refractivity contribution is -0.145. The first-order valence-electron chi connectivity index (χ1n) is 7.86. The number of aliphatic carboxylic acids is 1. The fraction of sp³-hybridized carbons (Fsp3) is 0.938. The molecule has 1 saturated heterocycles. The Morgan fingerprint density at radius 3 is 2.05 bits per heavy atom. The summed E-state index contributed by atoms with van der Waals surface area (Å²) in [5.74, 6) is 0.534. The maximum atomic E-state index is 11.6. The second kappa shape index (κ2) is 5.82. The van der Waals surface area contributed by atoms with Crippen LogP contribution in [0.15, 0.2) is 0 Å². The van der Waals surface area contributed by atoms with Gasteiger partial charge < -0.3 is 5.11 Å². The number of carboxylic acids is 1. The lowest BCUT2D eigenvalue weighted by Crippen LogP contribution is -2.46. The predicted molar refractivity (Wildman–Crippen MR) is 77.1 cm³/mol. The van der Waals surface area contributed by atoms with Gasteiger partial charge in [0.1, 0.15) is 6.04 Å². The third kappa shape index (κ3) is 3.50. The molecule has 2 rings (SSSR count). The molecule has 0 aromatic carbocycles. The lowest BCUT2D eigenvalue weighted by atomic mass is 9.68. The van der Waals surface area contributed by atoms with Crippen molar-refractivity contribution in [3.8, 4) is 0 Å². The maximum absolute atomic E-state index is 11.6. The minimum absolute atomic E-state index is 0.219. The van der Waals surface area contributed by atoms with Crippen LogP contribution >= 0.6 is 0 Å². The van der Waals surface area contributed by atoms with Gasteiger partial charge in [0.15, 0.2) is 0 Å². The Morgan fingerprint density at radius 1 is 1.11 bits per heavy atom. The standard InChI is InChI=1S/C16H29NO2/c1-16(2,3)13-8-6-12(7-9-13)14(15(18)19)17-10-4-5-11-17/h12-14H,4-11H2,1-3H3,(H,18,19). The fourth-order valence-electron chi connectivity index (χ4n) is 3.98. The van der Waals surface area contributed by atoms with E-state index in [1.807, 2.05) is 0 Å². The van der Waals surface area contributed by atoms with E-state index >= 15 is 0 Å². The normalized spacial score (nSPS) is 31.3. The second-order valence-corrected chi connectivity index (χ2v) is 7.50. The fourth-order valence-corrected chi connectivity index (χ4v) is 3.98. The molecular weight excluding hydrogens is 238 g/mol. The van der Waals surface area contributed by atoms with Crippen molar-refractivity contribution >= 4 is 5.97 Å². The van der Waals surface area contributed by atoms with Crippen molar-refractivity contribution in [2.75, 3.05) is 13.1 Å². The van der Waals surface area contributed by atoms with E-state index in [9.17, 15) is 9.90 Å². The molecule has 0 radical (unpaired) electrons. The summed E-state index contributed by atoms with van der Waals surface area (Å²) >= 11 is 0. The van der Waals surface area contributed by atoms with Crippen molar-refractivity contribution in [1.82, 2.24) is 4.90 Å². The minimum atomic E-state index is -0.596. The van der Waals surface area contributed by atoms with Gasteiger partial charge in [-0.3, -0.25) is 9.69 Å². The van der Waals surface area contributed by atoms with Crippen LogP contribution in [0, 0.1) is 17.3 Å². The average Bonchev–Trinajstić information content (AvgIpc) is 2.82. The molecule has 1 aliphatic heterocycles. The molecule has 0 aromatic heterocycles. The molecular formula is C16H29NO2. The van der Waals surface area contributed by atoms with Crippen LogP contribution in [0.25, 0.3) is 0 Å². The van der Waals surface area contributed by atoms with Gasteiger partial charge in [-0.2, -0.15) is 0 Å². The number of carbonyl (C=O) groups is 1. The van der Waals surface area contributed by atoms with Crippen LogP contribution in [-0.2, 0) is 4.79 Å². The number of hydrogen-bond acceptors (Lipinski definition) is 2. The molecule has 1 heterocycles. The monoisotopic (exact) mass is 267 g/mol. The highest BCUT2D eigenvalue weighted by molar-refractivity contribution is 5.74. The SMILES string of the molecule is CC(C)(C)C1CCC(C(C(=O)O)N2CCCC2)CC1. The molecule has 110 valence electrons. The Bertz CT molecular complexity index is 307. The van der Waals surface area contributed by atoms with Crippen LogP contribution in [0.3, 0.4) is 0 Å². The smallest absolute Gasteiger partial charge is 0.321 e. The Labute approximate surface area is 117 Å². The van der Waals surface area contributed by atoms with Crippen molar-refractivity contribution in [1.29, 1.82) is 0 Å². The van der Waals surface area contributed by atoms with E-state index in [1.165, 1.54) is 25.7 Å². The molecule has 0 bridgehead atoms. The summed E-state index contributed by atoms with van der Waals surface area (Å²) in [6, 6.07) is -0.219. The van der Waals surface area contributed by atoms with E-state index in [1.54, 1.807) is 0 Å². The highest BCUT2D eigenvalue weighted by Crippen LogP contribution is 2.41. The zero-order valence-corrected chi connectivity index (χ0v) is 12.7. The van der Waals surface area contributed by atoms with E-state index in [0.717, 1.165) is 31.8 Å². The molecule has 2 fully saturated rings. The third-order valence-electron chi connectivity index (χ3n) is 5.23. The van der Waals surface area contributed by atoms with Gasteiger partial charge in [-0.25, -0.2) is 0 Å². The van der Waals surface area contributed by atoms with Crippen molar-refractivity contribution < 1.29 is 9.90 Å². The van der Waals surface area contributed by atoms with Crippen LogP contribution in [0.4, 0.5) is 0 Å². The molecule has 1 aliphatic carbocycles. The van der Waals surface area contributed by atoms with Gasteiger partial charge in [0.2, 0.25) is 0 Å². The summed E-state index contributed by atoms with van der Waals surface area (Å²) in [5, 5.41) is 9.57. The molecule has 1 unspecified atom stereocenters. The quantitative estimate of drug-likeness (QED) is 0.852. The van der Waals surface area contributed by atoms with Crippen molar-refractivity contribution in [3.05, 3.63) is 0 Å². The van der Waals surface area contributed by atoms with Gasteiger partial charge in [0.25, 0.3) is 0 Å². The summed E-state index contributed by atoms with van der Waals surface area (Å²) in [5.41, 5.74) is 0.372. The van der Waals surface area contributed by atoms with Crippen LogP contribution < -0.4 is 0 Å². The molecule has 19 heavy (non-hydrogen) atoms. The molecule has 3 nitrogen and oxygen atoms in total. The Hall–Kier alpha value is -0.570. The van der Waals surface area contributed by atoms with E-state index < -0.39 is 5.97 Å². The zero-order valence-electron chi connectivity index (χ0n) is 12.7.